The number of furan rings is 1. The van der Waals surface area contributed by atoms with E-state index in [1.807, 2.05) is 48.5 Å². The molecule has 0 bridgehead atoms. The molecule has 10 aromatic rings. The van der Waals surface area contributed by atoms with Gasteiger partial charge in [-0.2, -0.15) is 0 Å². The van der Waals surface area contributed by atoms with E-state index in [1.165, 1.54) is 32.3 Å². The second-order valence-electron chi connectivity index (χ2n) is 13.5. The van der Waals surface area contributed by atoms with Crippen LogP contribution in [0, 0.1) is 0 Å². The number of benzene rings is 8. The Labute approximate surface area is 317 Å². The third kappa shape index (κ3) is 4.95. The molecule has 2 heterocycles. The minimum atomic E-state index is 0.117. The first-order chi connectivity index (χ1) is 26.4. The molecular weight excluding hydrogens is 653 g/mol. The van der Waals surface area contributed by atoms with Crippen molar-refractivity contribution in [1.29, 1.82) is 0 Å². The normalized spacial score (nSPS) is 11.7. The van der Waals surface area contributed by atoms with E-state index >= 15 is 0 Å². The molecule has 2 aromatic heterocycles. The molecule has 10 rings (SSSR count). The molecule has 54 heavy (non-hydrogen) atoms. The molecule has 10 radical (unpaired) electrons. The van der Waals surface area contributed by atoms with E-state index in [0.29, 0.717) is 28.4 Å². The van der Waals surface area contributed by atoms with E-state index in [4.69, 9.17) is 58.6 Å². The summed E-state index contributed by atoms with van der Waals surface area (Å²) in [6.07, 6.45) is 0. The maximum Gasteiger partial charge on any atom is 0.164 e. The molecule has 0 saturated carbocycles. The SMILES string of the molecule is [B]c1c([B])c([B])c(-c2nc(-c3ccccc3)nc(-c3ccc4c(c3)oc3c(-c5ccc6c7ccccc7c7ccccc7c6c5)cccc34)n2)c([B])c1[B]. The van der Waals surface area contributed by atoms with E-state index in [1.54, 1.807) is 0 Å². The topological polar surface area (TPSA) is 51.8 Å². The zero-order valence-electron chi connectivity index (χ0n) is 28.8. The maximum atomic E-state index is 6.72. The Morgan fingerprint density at radius 1 is 0.352 bits per heavy atom. The summed E-state index contributed by atoms with van der Waals surface area (Å²) in [6.45, 7) is 0. The van der Waals surface area contributed by atoms with Crippen molar-refractivity contribution in [3.8, 4) is 45.3 Å². The van der Waals surface area contributed by atoms with Gasteiger partial charge in [-0.3, -0.25) is 0 Å². The Morgan fingerprint density at radius 2 is 0.852 bits per heavy atom. The summed E-state index contributed by atoms with van der Waals surface area (Å²) in [6, 6.07) is 45.7. The molecule has 0 aliphatic heterocycles. The molecule has 0 atom stereocenters. The van der Waals surface area contributed by atoms with Crippen molar-refractivity contribution in [3.63, 3.8) is 0 Å². The van der Waals surface area contributed by atoms with E-state index in [0.717, 1.165) is 33.0 Å². The van der Waals surface area contributed by atoms with Crippen molar-refractivity contribution in [3.05, 3.63) is 133 Å². The molecule has 0 unspecified atom stereocenters. The summed E-state index contributed by atoms with van der Waals surface area (Å²) in [7, 11) is 31.5. The summed E-state index contributed by atoms with van der Waals surface area (Å²) in [5, 5.41) is 9.32. The highest BCUT2D eigenvalue weighted by molar-refractivity contribution is 6.68. The van der Waals surface area contributed by atoms with Crippen LogP contribution in [0.5, 0.6) is 0 Å². The molecule has 4 nitrogen and oxygen atoms in total. The molecule has 0 aliphatic rings. The van der Waals surface area contributed by atoms with Gasteiger partial charge in [0.2, 0.25) is 0 Å². The molecular formula is C45H22B5N3O. The molecule has 8 aromatic carbocycles. The Hall–Kier alpha value is -6.33. The summed E-state index contributed by atoms with van der Waals surface area (Å²) in [4.78, 5) is 14.5. The Kier molecular flexibility index (Phi) is 7.42. The Bertz CT molecular complexity index is 3120. The van der Waals surface area contributed by atoms with Gasteiger partial charge in [0.15, 0.2) is 17.5 Å². The third-order valence-electron chi connectivity index (χ3n) is 10.4. The van der Waals surface area contributed by atoms with Gasteiger partial charge in [0.1, 0.15) is 50.4 Å². The van der Waals surface area contributed by atoms with Crippen LogP contribution in [0.25, 0.3) is 99.5 Å². The van der Waals surface area contributed by atoms with Crippen LogP contribution in [0.15, 0.2) is 138 Å². The predicted molar refractivity (Wildman–Crippen MR) is 228 cm³/mol. The van der Waals surface area contributed by atoms with E-state index < -0.39 is 0 Å². The Balaban J connectivity index is 1.15. The zero-order valence-corrected chi connectivity index (χ0v) is 28.8. The van der Waals surface area contributed by atoms with Crippen molar-refractivity contribution in [2.75, 3.05) is 0 Å². The lowest BCUT2D eigenvalue weighted by atomic mass is 9.60. The highest BCUT2D eigenvalue weighted by atomic mass is 16.3. The predicted octanol–water partition coefficient (Wildman–Crippen LogP) is 5.87. The molecule has 0 saturated heterocycles. The van der Waals surface area contributed by atoms with Crippen molar-refractivity contribution < 1.29 is 4.42 Å². The van der Waals surface area contributed by atoms with Crippen LogP contribution >= 0.6 is 0 Å². The minimum Gasteiger partial charge on any atom is -0.455 e. The first-order valence-electron chi connectivity index (χ1n) is 17.5. The minimum absolute atomic E-state index is 0.117. The first kappa shape index (κ1) is 32.3. The van der Waals surface area contributed by atoms with Crippen LogP contribution in [0.3, 0.4) is 0 Å². The molecule has 238 valence electrons. The standard InChI is InChI=1S/C45H22B5N3O/c46-37-36(38(47)40(49)41(50)39(37)48)45-52-43(23-9-2-1-3-10-23)51-44(53-45)25-18-20-32-33-16-8-15-26(42(33)54-35(32)22-25)24-17-19-31-29-13-5-4-11-27(29)28-12-6-7-14-30(28)34(31)21-24/h1-22H. The lowest BCUT2D eigenvalue weighted by Crippen LogP contribution is -2.55. The number of hydrogen-bond acceptors (Lipinski definition) is 4. The number of aromatic nitrogens is 3. The van der Waals surface area contributed by atoms with Crippen molar-refractivity contribution in [1.82, 2.24) is 15.0 Å². The molecule has 0 amide bonds. The smallest absolute Gasteiger partial charge is 0.164 e. The highest BCUT2D eigenvalue weighted by Gasteiger charge is 2.20. The molecule has 0 spiro atoms. The summed E-state index contributed by atoms with van der Waals surface area (Å²) >= 11 is 0. The maximum absolute atomic E-state index is 6.72. The fraction of sp³-hybridized carbons (Fsp3) is 0. The monoisotopic (exact) mass is 675 g/mol. The second-order valence-corrected chi connectivity index (χ2v) is 13.5. The van der Waals surface area contributed by atoms with E-state index in [2.05, 4.69) is 84.9 Å². The quantitative estimate of drug-likeness (QED) is 0.173. The molecule has 9 heteroatoms. The average molecular weight is 675 g/mol. The van der Waals surface area contributed by atoms with Crippen LogP contribution in [-0.2, 0) is 0 Å². The Morgan fingerprint density at radius 3 is 1.52 bits per heavy atom. The lowest BCUT2D eigenvalue weighted by Gasteiger charge is -2.20. The lowest BCUT2D eigenvalue weighted by molar-refractivity contribution is 0.670. The number of nitrogens with zero attached hydrogens (tertiary/aromatic N) is 3. The highest BCUT2D eigenvalue weighted by Crippen LogP contribution is 2.41. The van der Waals surface area contributed by atoms with Gasteiger partial charge in [-0.15, -0.1) is 16.4 Å². The zero-order chi connectivity index (χ0) is 36.7. The van der Waals surface area contributed by atoms with Crippen molar-refractivity contribution in [2.45, 2.75) is 0 Å². The largest absolute Gasteiger partial charge is 0.455 e. The molecule has 0 N–H and O–H groups in total. The van der Waals surface area contributed by atoms with Crippen molar-refractivity contribution >= 4 is 121 Å². The summed E-state index contributed by atoms with van der Waals surface area (Å²) in [5.74, 6) is 1.03. The van der Waals surface area contributed by atoms with Crippen molar-refractivity contribution in [2.24, 2.45) is 0 Å². The first-order valence-corrected chi connectivity index (χ1v) is 17.5. The van der Waals surface area contributed by atoms with Crippen LogP contribution in [0.1, 0.15) is 0 Å². The summed E-state index contributed by atoms with van der Waals surface area (Å²) < 4.78 is 6.72. The third-order valence-corrected chi connectivity index (χ3v) is 10.4. The summed E-state index contributed by atoms with van der Waals surface area (Å²) in [5.41, 5.74) is 5.98. The number of fused-ring (bicyclic) bond motifs is 9. The number of para-hydroxylation sites is 1. The van der Waals surface area contributed by atoms with Crippen LogP contribution in [0.2, 0.25) is 0 Å². The van der Waals surface area contributed by atoms with Crippen LogP contribution in [0.4, 0.5) is 0 Å². The fourth-order valence-corrected chi connectivity index (χ4v) is 7.66. The van der Waals surface area contributed by atoms with Gasteiger partial charge in [0.25, 0.3) is 0 Å². The molecule has 0 aliphatic carbocycles. The number of rotatable bonds is 4. The van der Waals surface area contributed by atoms with Crippen LogP contribution < -0.4 is 27.3 Å². The van der Waals surface area contributed by atoms with E-state index in [-0.39, 0.29) is 33.1 Å². The number of hydrogen-bond donors (Lipinski definition) is 0. The molecule has 0 fully saturated rings. The fourth-order valence-electron chi connectivity index (χ4n) is 7.66. The van der Waals surface area contributed by atoms with Gasteiger partial charge >= 0.3 is 0 Å². The van der Waals surface area contributed by atoms with Gasteiger partial charge < -0.3 is 4.42 Å². The van der Waals surface area contributed by atoms with E-state index in [9.17, 15) is 0 Å². The van der Waals surface area contributed by atoms with Gasteiger partial charge in [-0.25, -0.2) is 15.0 Å². The van der Waals surface area contributed by atoms with Gasteiger partial charge in [-0.1, -0.05) is 126 Å². The second kappa shape index (κ2) is 12.4. The average Bonchev–Trinajstić information content (AvgIpc) is 3.61. The van der Waals surface area contributed by atoms with Gasteiger partial charge in [0.05, 0.1) is 0 Å². The van der Waals surface area contributed by atoms with Gasteiger partial charge in [-0.05, 0) is 56.1 Å². The van der Waals surface area contributed by atoms with Crippen LogP contribution in [-0.4, -0.2) is 54.2 Å². The van der Waals surface area contributed by atoms with Gasteiger partial charge in [0, 0.05) is 33.0 Å².